The largest absolute Gasteiger partial charge is 0.484 e. The van der Waals surface area contributed by atoms with Crippen molar-refractivity contribution in [3.8, 4) is 5.75 Å². The number of fused-ring (bicyclic) bond motifs is 4. The molecule has 5 heterocycles. The van der Waals surface area contributed by atoms with E-state index in [1.807, 2.05) is 50.0 Å². The quantitative estimate of drug-likeness (QED) is 0.623. The van der Waals surface area contributed by atoms with Gasteiger partial charge in [0.1, 0.15) is 17.5 Å². The minimum Gasteiger partial charge on any atom is -0.484 e. The zero-order chi connectivity index (χ0) is 21.6. The Labute approximate surface area is 182 Å². The van der Waals surface area contributed by atoms with E-state index in [1.165, 1.54) is 11.1 Å². The Hall–Kier alpha value is -2.51. The van der Waals surface area contributed by atoms with Gasteiger partial charge in [-0.25, -0.2) is 4.68 Å². The molecule has 4 aliphatic rings. The minimum absolute atomic E-state index is 0.0184. The van der Waals surface area contributed by atoms with Gasteiger partial charge in [0.2, 0.25) is 0 Å². The second kappa shape index (κ2) is 7.57. The zero-order valence-electron chi connectivity index (χ0n) is 18.7. The molecule has 0 radical (unpaired) electrons. The van der Waals surface area contributed by atoms with Gasteiger partial charge < -0.3 is 14.2 Å². The molecule has 164 valence electrons. The molecule has 0 N–H and O–H groups in total. The van der Waals surface area contributed by atoms with Crippen molar-refractivity contribution in [3.63, 3.8) is 0 Å². The molecule has 2 bridgehead atoms. The summed E-state index contributed by atoms with van der Waals surface area (Å²) < 4.78 is 19.7. The maximum atomic E-state index is 6.23. The van der Waals surface area contributed by atoms with Crippen molar-refractivity contribution in [1.82, 2.24) is 20.0 Å². The molecule has 3 aliphatic heterocycles. The first-order valence-electron chi connectivity index (χ1n) is 11.3. The molecule has 2 aromatic heterocycles. The Kier molecular flexibility index (Phi) is 4.98. The van der Waals surface area contributed by atoms with Crippen LogP contribution in [0.4, 0.5) is 0 Å². The molecule has 0 amide bonds. The number of rotatable bonds is 4. The minimum atomic E-state index is -0.192. The summed E-state index contributed by atoms with van der Waals surface area (Å²) in [5, 5.41) is 9.93. The van der Waals surface area contributed by atoms with Crippen LogP contribution in [0.3, 0.4) is 0 Å². The Bertz CT molecular complexity index is 1100. The summed E-state index contributed by atoms with van der Waals surface area (Å²) in [4.78, 5) is 4.56. The highest BCUT2D eigenvalue weighted by atomic mass is 16.5. The summed E-state index contributed by atoms with van der Waals surface area (Å²) in [5.41, 5.74) is 4.32. The van der Waals surface area contributed by atoms with Crippen molar-refractivity contribution in [3.05, 3.63) is 47.4 Å². The standard InChI is InChI=1S/C22H24N4O3.C2H6/c1-14(20-9-26(25-24-20)22-11-21(2,12-22)28-13-22)29-16-3-4-19-18(7-16)17-5-6-27-10-15(17)8-23-19;1-2/h3-4,7-9,14H,5-6,10-13H2,1-2H3;1-2H3. The van der Waals surface area contributed by atoms with Crippen molar-refractivity contribution in [2.75, 3.05) is 13.2 Å². The van der Waals surface area contributed by atoms with E-state index < -0.39 is 0 Å². The van der Waals surface area contributed by atoms with Crippen LogP contribution in [0.5, 0.6) is 5.75 Å². The van der Waals surface area contributed by atoms with E-state index in [4.69, 9.17) is 14.2 Å². The lowest BCUT2D eigenvalue weighted by molar-refractivity contribution is 0.00336. The topological polar surface area (TPSA) is 71.3 Å². The molecule has 1 aliphatic carbocycles. The summed E-state index contributed by atoms with van der Waals surface area (Å²) in [6, 6.07) is 6.09. The Morgan fingerprint density at radius 2 is 2.06 bits per heavy atom. The van der Waals surface area contributed by atoms with Crippen LogP contribution in [-0.2, 0) is 28.0 Å². The molecule has 0 spiro atoms. The number of ether oxygens (including phenoxy) is 3. The fourth-order valence-electron chi connectivity index (χ4n) is 5.16. The summed E-state index contributed by atoms with van der Waals surface area (Å²) in [6.45, 7) is 10.3. The van der Waals surface area contributed by atoms with Gasteiger partial charge in [-0.3, -0.25) is 4.98 Å². The number of aromatic nitrogens is 4. The van der Waals surface area contributed by atoms with Crippen LogP contribution in [0, 0.1) is 0 Å². The highest BCUT2D eigenvalue weighted by Gasteiger charge is 2.61. The number of hydrogen-bond donors (Lipinski definition) is 0. The van der Waals surface area contributed by atoms with Crippen LogP contribution in [-0.4, -0.2) is 38.8 Å². The fourth-order valence-corrected chi connectivity index (χ4v) is 5.16. The molecule has 7 heteroatoms. The van der Waals surface area contributed by atoms with Crippen LogP contribution in [0.1, 0.15) is 63.5 Å². The average molecular weight is 423 g/mol. The first kappa shape index (κ1) is 20.4. The summed E-state index contributed by atoms with van der Waals surface area (Å²) in [7, 11) is 0. The van der Waals surface area contributed by atoms with Crippen molar-refractivity contribution in [1.29, 1.82) is 0 Å². The van der Waals surface area contributed by atoms with E-state index in [-0.39, 0.29) is 17.2 Å². The van der Waals surface area contributed by atoms with E-state index in [0.29, 0.717) is 13.2 Å². The van der Waals surface area contributed by atoms with Gasteiger partial charge in [0, 0.05) is 24.4 Å². The SMILES string of the molecule is CC.CC(Oc1ccc2ncc3c(c2c1)CCOC3)c1cn(C23COC(C)(C2)C3)nn1. The third kappa shape index (κ3) is 3.40. The molecule has 7 rings (SSSR count). The first-order valence-corrected chi connectivity index (χ1v) is 11.3. The normalized spacial score (nSPS) is 27.1. The molecule has 7 nitrogen and oxygen atoms in total. The maximum Gasteiger partial charge on any atom is 0.141 e. The van der Waals surface area contributed by atoms with Crippen LogP contribution in [0.15, 0.2) is 30.6 Å². The first-order chi connectivity index (χ1) is 15.0. The van der Waals surface area contributed by atoms with Gasteiger partial charge in [0.25, 0.3) is 0 Å². The third-order valence-electron chi connectivity index (χ3n) is 6.62. The van der Waals surface area contributed by atoms with Crippen molar-refractivity contribution in [2.45, 2.75) is 70.8 Å². The molecular weight excluding hydrogens is 392 g/mol. The van der Waals surface area contributed by atoms with Gasteiger partial charge in [-0.2, -0.15) is 0 Å². The molecule has 1 aromatic carbocycles. The number of hydrogen-bond acceptors (Lipinski definition) is 6. The van der Waals surface area contributed by atoms with Gasteiger partial charge in [0.05, 0.1) is 42.7 Å². The van der Waals surface area contributed by atoms with Gasteiger partial charge in [-0.05, 0) is 49.6 Å². The van der Waals surface area contributed by atoms with Crippen LogP contribution in [0.2, 0.25) is 0 Å². The predicted molar refractivity (Wildman–Crippen MR) is 117 cm³/mol. The van der Waals surface area contributed by atoms with Crippen LogP contribution in [0.25, 0.3) is 10.9 Å². The van der Waals surface area contributed by atoms with Crippen molar-refractivity contribution >= 4 is 10.9 Å². The highest BCUT2D eigenvalue weighted by molar-refractivity contribution is 5.84. The average Bonchev–Trinajstić information content (AvgIpc) is 3.48. The van der Waals surface area contributed by atoms with Crippen LogP contribution < -0.4 is 4.74 Å². The highest BCUT2D eigenvalue weighted by Crippen LogP contribution is 2.55. The predicted octanol–water partition coefficient (Wildman–Crippen LogP) is 4.34. The number of pyridine rings is 1. The summed E-state index contributed by atoms with van der Waals surface area (Å²) in [6.07, 6.45) is 6.67. The lowest BCUT2D eigenvalue weighted by Gasteiger charge is -2.41. The maximum absolute atomic E-state index is 6.23. The Morgan fingerprint density at radius 3 is 2.84 bits per heavy atom. The monoisotopic (exact) mass is 422 g/mol. The Morgan fingerprint density at radius 1 is 1.23 bits per heavy atom. The van der Waals surface area contributed by atoms with Crippen molar-refractivity contribution in [2.24, 2.45) is 0 Å². The van der Waals surface area contributed by atoms with E-state index in [0.717, 1.165) is 48.2 Å². The molecule has 2 saturated heterocycles. The summed E-state index contributed by atoms with van der Waals surface area (Å²) in [5.74, 6) is 0.819. The lowest BCUT2D eigenvalue weighted by Crippen LogP contribution is -2.49. The molecule has 1 unspecified atom stereocenters. The van der Waals surface area contributed by atoms with Crippen LogP contribution >= 0.6 is 0 Å². The van der Waals surface area contributed by atoms with E-state index >= 15 is 0 Å². The second-order valence-corrected chi connectivity index (χ2v) is 8.91. The zero-order valence-corrected chi connectivity index (χ0v) is 18.7. The third-order valence-corrected chi connectivity index (χ3v) is 6.62. The molecule has 31 heavy (non-hydrogen) atoms. The molecule has 3 fully saturated rings. The summed E-state index contributed by atoms with van der Waals surface area (Å²) >= 11 is 0. The lowest BCUT2D eigenvalue weighted by atomic mass is 9.69. The second-order valence-electron chi connectivity index (χ2n) is 8.91. The van der Waals surface area contributed by atoms with E-state index in [2.05, 4.69) is 28.3 Å². The van der Waals surface area contributed by atoms with Gasteiger partial charge in [-0.1, -0.05) is 19.1 Å². The molecule has 1 saturated carbocycles. The van der Waals surface area contributed by atoms with Gasteiger partial charge in [-0.15, -0.1) is 5.10 Å². The number of benzene rings is 1. The van der Waals surface area contributed by atoms with Gasteiger partial charge >= 0.3 is 0 Å². The van der Waals surface area contributed by atoms with Crippen molar-refractivity contribution < 1.29 is 14.2 Å². The molecule has 1 atom stereocenters. The fraction of sp³-hybridized carbons (Fsp3) is 0.542. The Balaban J connectivity index is 0.000000994. The van der Waals surface area contributed by atoms with Gasteiger partial charge in [0.15, 0.2) is 0 Å². The van der Waals surface area contributed by atoms with E-state index in [1.54, 1.807) is 0 Å². The molecular formula is C24H30N4O3. The molecule has 3 aromatic rings. The smallest absolute Gasteiger partial charge is 0.141 e. The van der Waals surface area contributed by atoms with E-state index in [9.17, 15) is 0 Å². The number of nitrogens with zero attached hydrogens (tertiary/aromatic N) is 4.